The van der Waals surface area contributed by atoms with Crippen molar-refractivity contribution in [2.24, 2.45) is 0 Å². The lowest BCUT2D eigenvalue weighted by Crippen LogP contribution is -2.15. The molecule has 0 saturated heterocycles. The molecule has 2 rings (SSSR count). The van der Waals surface area contributed by atoms with Crippen LogP contribution in [-0.4, -0.2) is 17.8 Å². The van der Waals surface area contributed by atoms with E-state index in [4.69, 9.17) is 6.42 Å². The Morgan fingerprint density at radius 1 is 1.38 bits per heavy atom. The van der Waals surface area contributed by atoms with Gasteiger partial charge in [-0.15, -0.1) is 6.42 Å². The fourth-order valence-electron chi connectivity index (χ4n) is 1.87. The number of benzene rings is 1. The van der Waals surface area contributed by atoms with Crippen molar-refractivity contribution < 1.29 is 8.96 Å². The van der Waals surface area contributed by atoms with Gasteiger partial charge in [-0.3, -0.25) is 4.98 Å². The largest absolute Gasteiger partial charge is 0.351 e. The summed E-state index contributed by atoms with van der Waals surface area (Å²) in [6, 6.07) is 7.95. The summed E-state index contributed by atoms with van der Waals surface area (Å²) in [6.07, 6.45) is 7.32. The normalized spacial score (nSPS) is 13.2. The molecule has 21 heavy (non-hydrogen) atoms. The Kier molecular flexibility index (Phi) is 4.45. The van der Waals surface area contributed by atoms with Gasteiger partial charge in [0.15, 0.2) is 0 Å². The van der Waals surface area contributed by atoms with Gasteiger partial charge in [0.25, 0.3) is 0 Å². The van der Waals surface area contributed by atoms with Gasteiger partial charge in [-0.25, -0.2) is 4.39 Å². The van der Waals surface area contributed by atoms with Crippen LogP contribution in [0.15, 0.2) is 36.5 Å². The van der Waals surface area contributed by atoms with Crippen molar-refractivity contribution in [1.29, 1.82) is 0 Å². The fraction of sp³-hybridized carbons (Fsp3) is 0.188. The van der Waals surface area contributed by atoms with Crippen molar-refractivity contribution in [3.05, 3.63) is 47.9 Å². The van der Waals surface area contributed by atoms with E-state index in [0.717, 1.165) is 0 Å². The van der Waals surface area contributed by atoms with Crippen molar-refractivity contribution in [2.45, 2.75) is 6.92 Å². The van der Waals surface area contributed by atoms with E-state index in [-0.39, 0.29) is 5.69 Å². The predicted molar refractivity (Wildman–Crippen MR) is 85.6 cm³/mol. The molecule has 0 amide bonds. The summed E-state index contributed by atoms with van der Waals surface area (Å²) >= 11 is 0. The summed E-state index contributed by atoms with van der Waals surface area (Å²) in [5, 5.41) is 2.95. The highest BCUT2D eigenvalue weighted by Gasteiger charge is 2.21. The zero-order chi connectivity index (χ0) is 15.5. The molecule has 0 aliphatic heterocycles. The van der Waals surface area contributed by atoms with Gasteiger partial charge >= 0.3 is 0 Å². The molecule has 2 aromatic rings. The Morgan fingerprint density at radius 2 is 2.14 bits per heavy atom. The Bertz CT molecular complexity index is 752. The van der Waals surface area contributed by atoms with Crippen LogP contribution in [0.5, 0.6) is 0 Å². The van der Waals surface area contributed by atoms with Crippen LogP contribution in [0.4, 0.5) is 15.8 Å². The molecular formula is C16H16FN2OP. The van der Waals surface area contributed by atoms with Gasteiger partial charge in [-0.1, -0.05) is 12.8 Å². The van der Waals surface area contributed by atoms with Gasteiger partial charge in [0, 0.05) is 17.9 Å². The first-order valence-corrected chi connectivity index (χ1v) is 8.87. The summed E-state index contributed by atoms with van der Waals surface area (Å²) in [6.45, 7) is 3.53. The standard InChI is InChI=1S/C16H16FN2OP/c1-4-12-8-9-14(13(17)11-12)19-15-7-6-10-18-16(15)21(3,20)5-2/h1,6-11,19H,5H2,2-3H3/t21-/m1/s1. The molecule has 0 aliphatic rings. The van der Waals surface area contributed by atoms with Crippen LogP contribution in [0.1, 0.15) is 12.5 Å². The average Bonchev–Trinajstić information content (AvgIpc) is 2.49. The second kappa shape index (κ2) is 6.11. The molecule has 0 unspecified atom stereocenters. The van der Waals surface area contributed by atoms with Crippen LogP contribution in [0.2, 0.25) is 0 Å². The van der Waals surface area contributed by atoms with Gasteiger partial charge in [-0.05, 0) is 37.0 Å². The lowest BCUT2D eigenvalue weighted by Gasteiger charge is -2.16. The minimum absolute atomic E-state index is 0.277. The highest BCUT2D eigenvalue weighted by Crippen LogP contribution is 2.41. The van der Waals surface area contributed by atoms with Gasteiger partial charge < -0.3 is 9.88 Å². The summed E-state index contributed by atoms with van der Waals surface area (Å²) < 4.78 is 26.5. The maximum absolute atomic E-state index is 14.0. The number of pyridine rings is 1. The SMILES string of the molecule is C#Cc1ccc(Nc2cccnc2[P@](C)(=O)CC)c(F)c1. The third-order valence-corrected chi connectivity index (χ3v) is 5.70. The van der Waals surface area contributed by atoms with E-state index in [1.807, 2.05) is 6.92 Å². The number of nitrogens with one attached hydrogen (secondary N) is 1. The van der Waals surface area contributed by atoms with E-state index in [2.05, 4.69) is 16.2 Å². The second-order valence-electron chi connectivity index (χ2n) is 4.76. The molecule has 0 aliphatic carbocycles. The first kappa shape index (κ1) is 15.3. The molecule has 0 radical (unpaired) electrons. The number of terminal acetylenes is 1. The molecule has 1 aromatic heterocycles. The van der Waals surface area contributed by atoms with E-state index in [9.17, 15) is 8.96 Å². The Balaban J connectivity index is 2.42. The lowest BCUT2D eigenvalue weighted by atomic mass is 10.2. The predicted octanol–water partition coefficient (Wildman–Crippen LogP) is 3.58. The van der Waals surface area contributed by atoms with E-state index >= 15 is 0 Å². The van der Waals surface area contributed by atoms with Gasteiger partial charge in [0.2, 0.25) is 0 Å². The molecule has 0 spiro atoms. The van der Waals surface area contributed by atoms with Crippen molar-refractivity contribution in [3.63, 3.8) is 0 Å². The summed E-state index contributed by atoms with van der Waals surface area (Å²) in [5.74, 6) is 1.92. The molecule has 108 valence electrons. The maximum Gasteiger partial charge on any atom is 0.147 e. The first-order valence-electron chi connectivity index (χ1n) is 6.53. The number of hydrogen-bond acceptors (Lipinski definition) is 3. The van der Waals surface area contributed by atoms with Gasteiger partial charge in [0.05, 0.1) is 11.4 Å². The highest BCUT2D eigenvalue weighted by atomic mass is 31.2. The zero-order valence-corrected chi connectivity index (χ0v) is 12.8. The molecule has 0 bridgehead atoms. The fourth-order valence-corrected chi connectivity index (χ4v) is 3.12. The number of anilines is 2. The van der Waals surface area contributed by atoms with Crippen LogP contribution >= 0.6 is 7.14 Å². The van der Waals surface area contributed by atoms with Crippen molar-refractivity contribution in [1.82, 2.24) is 4.98 Å². The van der Waals surface area contributed by atoms with Crippen molar-refractivity contribution in [3.8, 4) is 12.3 Å². The minimum atomic E-state index is -2.56. The molecule has 0 saturated carbocycles. The van der Waals surface area contributed by atoms with Crippen LogP contribution in [0.25, 0.3) is 0 Å². The maximum atomic E-state index is 14.0. The minimum Gasteiger partial charge on any atom is -0.351 e. The van der Waals surface area contributed by atoms with Crippen LogP contribution < -0.4 is 10.8 Å². The summed E-state index contributed by atoms with van der Waals surface area (Å²) in [4.78, 5) is 4.20. The molecule has 0 fully saturated rings. The third kappa shape index (κ3) is 3.32. The third-order valence-electron chi connectivity index (χ3n) is 3.24. The average molecular weight is 302 g/mol. The Hall–Kier alpha value is -2.11. The van der Waals surface area contributed by atoms with Crippen LogP contribution in [0.3, 0.4) is 0 Å². The topological polar surface area (TPSA) is 42.0 Å². The summed E-state index contributed by atoms with van der Waals surface area (Å²) in [5.41, 5.74) is 1.78. The smallest absolute Gasteiger partial charge is 0.147 e. The zero-order valence-electron chi connectivity index (χ0n) is 11.9. The first-order chi connectivity index (χ1) is 9.97. The lowest BCUT2D eigenvalue weighted by molar-refractivity contribution is 0.585. The molecule has 5 heteroatoms. The van der Waals surface area contributed by atoms with E-state index < -0.39 is 13.0 Å². The number of halogens is 1. The van der Waals surface area contributed by atoms with E-state index in [1.54, 1.807) is 37.1 Å². The molecule has 1 N–H and O–H groups in total. The summed E-state index contributed by atoms with van der Waals surface area (Å²) in [7, 11) is -2.56. The molecule has 3 nitrogen and oxygen atoms in total. The van der Waals surface area contributed by atoms with Crippen LogP contribution in [0, 0.1) is 18.2 Å². The molecule has 1 aromatic carbocycles. The van der Waals surface area contributed by atoms with Crippen molar-refractivity contribution in [2.75, 3.05) is 18.1 Å². The Labute approximate surface area is 124 Å². The van der Waals surface area contributed by atoms with Crippen molar-refractivity contribution >= 4 is 24.0 Å². The van der Waals surface area contributed by atoms with E-state index in [1.165, 1.54) is 6.07 Å². The van der Waals surface area contributed by atoms with Gasteiger partial charge in [-0.2, -0.15) is 0 Å². The number of rotatable bonds is 4. The number of hydrogen-bond donors (Lipinski definition) is 1. The second-order valence-corrected chi connectivity index (χ2v) is 8.01. The van der Waals surface area contributed by atoms with E-state index in [0.29, 0.717) is 22.8 Å². The quantitative estimate of drug-likeness (QED) is 0.693. The number of aromatic nitrogens is 1. The highest BCUT2D eigenvalue weighted by molar-refractivity contribution is 7.70. The molecule has 1 heterocycles. The van der Waals surface area contributed by atoms with Crippen LogP contribution in [-0.2, 0) is 4.57 Å². The Morgan fingerprint density at radius 3 is 2.76 bits per heavy atom. The molecular weight excluding hydrogens is 286 g/mol. The number of nitrogens with zero attached hydrogens (tertiary/aromatic N) is 1. The van der Waals surface area contributed by atoms with Gasteiger partial charge in [0.1, 0.15) is 18.4 Å². The monoisotopic (exact) mass is 302 g/mol. The molecule has 1 atom stereocenters.